The molecule has 5 nitrogen and oxygen atoms in total. The lowest BCUT2D eigenvalue weighted by molar-refractivity contribution is -0.124. The number of benzene rings is 2. The number of carbonyl (C=O) groups is 2. The molecule has 0 atom stereocenters. The number of rotatable bonds is 8. The van der Waals surface area contributed by atoms with E-state index in [2.05, 4.69) is 54.0 Å². The molecule has 2 aromatic rings. The number of amides is 2. The number of hydrogen-bond acceptors (Lipinski definition) is 3. The van der Waals surface area contributed by atoms with Crippen LogP contribution in [-0.2, 0) is 9.59 Å². The zero-order chi connectivity index (χ0) is 21.2. The summed E-state index contributed by atoms with van der Waals surface area (Å²) in [5.41, 5.74) is 6.31. The van der Waals surface area contributed by atoms with Crippen LogP contribution in [0.15, 0.2) is 59.2 Å². The molecular formula is C23H26ClN3O2. The van der Waals surface area contributed by atoms with Crippen molar-refractivity contribution in [3.63, 3.8) is 0 Å². The lowest BCUT2D eigenvalue weighted by Gasteiger charge is -2.05. The van der Waals surface area contributed by atoms with E-state index < -0.39 is 0 Å². The van der Waals surface area contributed by atoms with Crippen LogP contribution < -0.4 is 10.7 Å². The lowest BCUT2D eigenvalue weighted by atomic mass is 10.0. The monoisotopic (exact) mass is 411 g/mol. The molecule has 0 heterocycles. The highest BCUT2D eigenvalue weighted by Crippen LogP contribution is 2.16. The highest BCUT2D eigenvalue weighted by atomic mass is 35.5. The number of carbonyl (C=O) groups excluding carboxylic acids is 2. The predicted octanol–water partition coefficient (Wildman–Crippen LogP) is 5.39. The van der Waals surface area contributed by atoms with Crippen LogP contribution in [0, 0.1) is 0 Å². The van der Waals surface area contributed by atoms with Crippen molar-refractivity contribution in [2.24, 2.45) is 5.10 Å². The maximum Gasteiger partial charge on any atom is 0.240 e. The molecule has 0 bridgehead atoms. The third-order valence-electron chi connectivity index (χ3n) is 4.14. The number of nitrogens with zero attached hydrogens (tertiary/aromatic N) is 1. The average molecular weight is 412 g/mol. The van der Waals surface area contributed by atoms with E-state index in [0.717, 1.165) is 11.1 Å². The van der Waals surface area contributed by atoms with Gasteiger partial charge in [-0.3, -0.25) is 9.59 Å². The third-order valence-corrected chi connectivity index (χ3v) is 4.38. The van der Waals surface area contributed by atoms with Crippen molar-refractivity contribution in [1.82, 2.24) is 5.43 Å². The second-order valence-corrected chi connectivity index (χ2v) is 7.50. The maximum atomic E-state index is 11.9. The van der Waals surface area contributed by atoms with Gasteiger partial charge in [-0.2, -0.15) is 5.10 Å². The highest BCUT2D eigenvalue weighted by molar-refractivity contribution is 6.30. The molecule has 0 unspecified atom stereocenters. The number of anilines is 1. The quantitative estimate of drug-likeness (QED) is 0.451. The Balaban J connectivity index is 1.75. The zero-order valence-corrected chi connectivity index (χ0v) is 17.7. The van der Waals surface area contributed by atoms with E-state index in [1.165, 1.54) is 5.56 Å². The molecule has 0 radical (unpaired) electrons. The van der Waals surface area contributed by atoms with Crippen molar-refractivity contribution in [2.45, 2.75) is 39.5 Å². The minimum Gasteiger partial charge on any atom is -0.326 e. The molecule has 0 saturated carbocycles. The van der Waals surface area contributed by atoms with Crippen molar-refractivity contribution in [3.05, 3.63) is 70.3 Å². The summed E-state index contributed by atoms with van der Waals surface area (Å²) in [7, 11) is 0. The third kappa shape index (κ3) is 8.32. The standard InChI is InChI=1S/C23H26ClN3O2/c1-16(2)19-9-7-18(8-10-19)13-17(3)15-25-27-23(29)12-11-22(28)26-21-6-4-5-20(24)14-21/h4-10,13-16H,11-12H2,1-3H3,(H,26,28)(H,27,29)/b17-13-,25-15-. The van der Waals surface area contributed by atoms with E-state index in [9.17, 15) is 9.59 Å². The Morgan fingerprint density at radius 1 is 1.07 bits per heavy atom. The molecule has 0 saturated heterocycles. The first-order chi connectivity index (χ1) is 13.8. The summed E-state index contributed by atoms with van der Waals surface area (Å²) < 4.78 is 0. The van der Waals surface area contributed by atoms with Gasteiger partial charge in [0.25, 0.3) is 0 Å². The summed E-state index contributed by atoms with van der Waals surface area (Å²) in [4.78, 5) is 23.7. The molecule has 0 aromatic heterocycles. The molecule has 6 heteroatoms. The van der Waals surface area contributed by atoms with Gasteiger partial charge < -0.3 is 5.32 Å². The first kappa shape index (κ1) is 22.4. The van der Waals surface area contributed by atoms with Crippen LogP contribution in [0.3, 0.4) is 0 Å². The van der Waals surface area contributed by atoms with Gasteiger partial charge in [-0.25, -0.2) is 5.43 Å². The first-order valence-electron chi connectivity index (χ1n) is 9.49. The van der Waals surface area contributed by atoms with Gasteiger partial charge >= 0.3 is 0 Å². The Morgan fingerprint density at radius 2 is 1.76 bits per heavy atom. The van der Waals surface area contributed by atoms with E-state index in [0.29, 0.717) is 16.6 Å². The summed E-state index contributed by atoms with van der Waals surface area (Å²) in [6, 6.07) is 15.2. The number of hydrogen-bond donors (Lipinski definition) is 2. The van der Waals surface area contributed by atoms with Crippen molar-refractivity contribution < 1.29 is 9.59 Å². The van der Waals surface area contributed by atoms with E-state index >= 15 is 0 Å². The topological polar surface area (TPSA) is 70.6 Å². The minimum absolute atomic E-state index is 0.0448. The molecule has 0 aliphatic rings. The number of allylic oxidation sites excluding steroid dienone is 1. The molecule has 2 aromatic carbocycles. The second kappa shape index (κ2) is 11.2. The van der Waals surface area contributed by atoms with Crippen LogP contribution in [0.25, 0.3) is 6.08 Å². The maximum absolute atomic E-state index is 11.9. The van der Waals surface area contributed by atoms with Gasteiger partial charge in [0, 0.05) is 23.6 Å². The van der Waals surface area contributed by atoms with E-state index in [1.807, 2.05) is 13.0 Å². The smallest absolute Gasteiger partial charge is 0.240 e. The van der Waals surface area contributed by atoms with E-state index in [-0.39, 0.29) is 24.7 Å². The fourth-order valence-corrected chi connectivity index (χ4v) is 2.75. The van der Waals surface area contributed by atoms with Gasteiger partial charge in [-0.05, 0) is 47.7 Å². The summed E-state index contributed by atoms with van der Waals surface area (Å²) in [5, 5.41) is 7.18. The first-order valence-corrected chi connectivity index (χ1v) is 9.87. The average Bonchev–Trinajstić information content (AvgIpc) is 2.67. The molecule has 152 valence electrons. The van der Waals surface area contributed by atoms with Crippen LogP contribution in [0.2, 0.25) is 5.02 Å². The lowest BCUT2D eigenvalue weighted by Crippen LogP contribution is -2.20. The van der Waals surface area contributed by atoms with Crippen LogP contribution in [0.5, 0.6) is 0 Å². The van der Waals surface area contributed by atoms with Crippen LogP contribution >= 0.6 is 11.6 Å². The molecule has 2 amide bonds. The van der Waals surface area contributed by atoms with Gasteiger partial charge in [0.1, 0.15) is 0 Å². The number of nitrogens with one attached hydrogen (secondary N) is 2. The van der Waals surface area contributed by atoms with E-state index in [1.54, 1.807) is 30.5 Å². The summed E-state index contributed by atoms with van der Waals surface area (Å²) in [6.07, 6.45) is 3.67. The van der Waals surface area contributed by atoms with Crippen LogP contribution in [-0.4, -0.2) is 18.0 Å². The Hall–Kier alpha value is -2.92. The Kier molecular flexibility index (Phi) is 8.62. The second-order valence-electron chi connectivity index (χ2n) is 7.06. The molecule has 2 N–H and O–H groups in total. The molecule has 0 aliphatic heterocycles. The Bertz CT molecular complexity index is 903. The SMILES string of the molecule is CC(/C=N\NC(=O)CCC(=O)Nc1cccc(Cl)c1)=C/c1ccc(C(C)C)cc1. The predicted molar refractivity (Wildman–Crippen MR) is 120 cm³/mol. The van der Waals surface area contributed by atoms with Gasteiger partial charge in [0.05, 0.1) is 6.21 Å². The summed E-state index contributed by atoms with van der Waals surface area (Å²) in [6.45, 7) is 6.23. The van der Waals surface area contributed by atoms with Crippen LogP contribution in [0.4, 0.5) is 5.69 Å². The van der Waals surface area contributed by atoms with Crippen molar-refractivity contribution in [2.75, 3.05) is 5.32 Å². The Labute approximate surface area is 176 Å². The van der Waals surface area contributed by atoms with Gasteiger partial charge in [0.15, 0.2) is 0 Å². The van der Waals surface area contributed by atoms with Gasteiger partial charge in [-0.15, -0.1) is 0 Å². The molecule has 0 aliphatic carbocycles. The van der Waals surface area contributed by atoms with Crippen molar-refractivity contribution in [1.29, 1.82) is 0 Å². The number of halogens is 1. The molecular weight excluding hydrogens is 386 g/mol. The van der Waals surface area contributed by atoms with Gasteiger partial charge in [0.2, 0.25) is 11.8 Å². The molecule has 2 rings (SSSR count). The van der Waals surface area contributed by atoms with Crippen molar-refractivity contribution >= 4 is 41.4 Å². The van der Waals surface area contributed by atoms with Crippen molar-refractivity contribution in [3.8, 4) is 0 Å². The minimum atomic E-state index is -0.323. The normalized spacial score (nSPS) is 11.7. The number of hydrazone groups is 1. The van der Waals surface area contributed by atoms with Gasteiger partial charge in [-0.1, -0.05) is 61.9 Å². The van der Waals surface area contributed by atoms with E-state index in [4.69, 9.17) is 11.6 Å². The summed E-state index contributed by atoms with van der Waals surface area (Å²) in [5.74, 6) is -0.0811. The fraction of sp³-hybridized carbons (Fsp3) is 0.261. The summed E-state index contributed by atoms with van der Waals surface area (Å²) >= 11 is 5.87. The van der Waals surface area contributed by atoms with Crippen LogP contribution in [0.1, 0.15) is 50.7 Å². The zero-order valence-electron chi connectivity index (χ0n) is 16.9. The molecule has 29 heavy (non-hydrogen) atoms. The fourth-order valence-electron chi connectivity index (χ4n) is 2.56. The highest BCUT2D eigenvalue weighted by Gasteiger charge is 2.07. The molecule has 0 fully saturated rings. The molecule has 0 spiro atoms. The largest absolute Gasteiger partial charge is 0.326 e. The Morgan fingerprint density at radius 3 is 2.41 bits per heavy atom.